The summed E-state index contributed by atoms with van der Waals surface area (Å²) >= 11 is 4.59. The van der Waals surface area contributed by atoms with Crippen molar-refractivity contribution >= 4 is 12.6 Å². The molecule has 0 saturated heterocycles. The van der Waals surface area contributed by atoms with E-state index in [9.17, 15) is 0 Å². The molecule has 0 spiro atoms. The van der Waals surface area contributed by atoms with Gasteiger partial charge >= 0.3 is 0 Å². The monoisotopic (exact) mass is 294 g/mol. The van der Waals surface area contributed by atoms with Gasteiger partial charge in [0.15, 0.2) is 0 Å². The molecule has 0 aliphatic heterocycles. The van der Waals surface area contributed by atoms with E-state index in [1.807, 2.05) is 0 Å². The molecule has 114 valence electrons. The van der Waals surface area contributed by atoms with E-state index in [2.05, 4.69) is 58.5 Å². The van der Waals surface area contributed by atoms with E-state index in [1.54, 1.807) is 0 Å². The van der Waals surface area contributed by atoms with Crippen LogP contribution in [0.3, 0.4) is 0 Å². The molecule has 1 rings (SSSR count). The van der Waals surface area contributed by atoms with Crippen LogP contribution in [0.4, 0.5) is 0 Å². The lowest BCUT2D eigenvalue weighted by Crippen LogP contribution is -2.17. The van der Waals surface area contributed by atoms with Crippen LogP contribution >= 0.6 is 12.6 Å². The molecule has 0 aliphatic rings. The Morgan fingerprint density at radius 1 is 1.05 bits per heavy atom. The molecular weight excluding hydrogens is 264 g/mol. The summed E-state index contributed by atoms with van der Waals surface area (Å²) in [6, 6.07) is 6.46. The smallest absolute Gasteiger partial charge is 0.132 e. The van der Waals surface area contributed by atoms with Gasteiger partial charge in [-0.25, -0.2) is 0 Å². The van der Waals surface area contributed by atoms with Crippen LogP contribution in [-0.4, -0.2) is 6.61 Å². The second-order valence-electron chi connectivity index (χ2n) is 6.23. The number of hydrogen-bond acceptors (Lipinski definition) is 2. The zero-order valence-electron chi connectivity index (χ0n) is 13.5. The van der Waals surface area contributed by atoms with Crippen molar-refractivity contribution in [1.82, 2.24) is 0 Å². The van der Waals surface area contributed by atoms with Crippen LogP contribution in [0.5, 0.6) is 5.75 Å². The van der Waals surface area contributed by atoms with Gasteiger partial charge in [0.25, 0.3) is 0 Å². The standard InChI is InChI=1S/C18H30OS/c1-5-7-9-12-18(3,4)15-10-11-16(17(20)14-15)19-13-8-6-2/h10-11,14,20H,5-9,12-13H2,1-4H3. The van der Waals surface area contributed by atoms with Crippen molar-refractivity contribution in [3.05, 3.63) is 23.8 Å². The summed E-state index contributed by atoms with van der Waals surface area (Å²) in [7, 11) is 0. The van der Waals surface area contributed by atoms with E-state index >= 15 is 0 Å². The number of thiol groups is 1. The van der Waals surface area contributed by atoms with Crippen molar-refractivity contribution in [3.8, 4) is 5.75 Å². The summed E-state index contributed by atoms with van der Waals surface area (Å²) in [6.07, 6.45) is 7.36. The molecule has 20 heavy (non-hydrogen) atoms. The SMILES string of the molecule is CCCCCC(C)(C)c1ccc(OCCCC)c(S)c1. The molecule has 0 amide bonds. The maximum Gasteiger partial charge on any atom is 0.132 e. The summed E-state index contributed by atoms with van der Waals surface area (Å²) in [6.45, 7) is 9.85. The first-order valence-electron chi connectivity index (χ1n) is 7.97. The summed E-state index contributed by atoms with van der Waals surface area (Å²) in [5.74, 6) is 0.912. The van der Waals surface area contributed by atoms with Crippen molar-refractivity contribution in [2.75, 3.05) is 6.61 Å². The van der Waals surface area contributed by atoms with Crippen LogP contribution in [0.25, 0.3) is 0 Å². The fourth-order valence-corrected chi connectivity index (χ4v) is 2.63. The predicted molar refractivity (Wildman–Crippen MR) is 91.3 cm³/mol. The Kier molecular flexibility index (Phi) is 7.50. The zero-order valence-corrected chi connectivity index (χ0v) is 14.4. The van der Waals surface area contributed by atoms with Crippen LogP contribution in [-0.2, 0) is 5.41 Å². The molecule has 0 fully saturated rings. The van der Waals surface area contributed by atoms with Gasteiger partial charge in [-0.15, -0.1) is 12.6 Å². The van der Waals surface area contributed by atoms with Gasteiger partial charge < -0.3 is 4.74 Å². The minimum absolute atomic E-state index is 0.217. The maximum absolute atomic E-state index is 5.77. The maximum atomic E-state index is 5.77. The van der Waals surface area contributed by atoms with Crippen LogP contribution in [0, 0.1) is 0 Å². The lowest BCUT2D eigenvalue weighted by Gasteiger charge is -2.26. The first kappa shape index (κ1) is 17.4. The minimum atomic E-state index is 0.217. The molecule has 1 aromatic carbocycles. The molecule has 1 aromatic rings. The minimum Gasteiger partial charge on any atom is -0.492 e. The number of ether oxygens (including phenoxy) is 1. The molecule has 0 unspecified atom stereocenters. The lowest BCUT2D eigenvalue weighted by atomic mass is 9.80. The Hall–Kier alpha value is -0.630. The molecule has 0 heterocycles. The molecular formula is C18H30OS. The number of rotatable bonds is 9. The fourth-order valence-electron chi connectivity index (χ4n) is 2.35. The van der Waals surface area contributed by atoms with E-state index in [4.69, 9.17) is 4.74 Å². The Balaban J connectivity index is 2.69. The highest BCUT2D eigenvalue weighted by Crippen LogP contribution is 2.33. The third-order valence-electron chi connectivity index (χ3n) is 3.90. The molecule has 2 heteroatoms. The number of benzene rings is 1. The molecule has 0 bridgehead atoms. The van der Waals surface area contributed by atoms with Crippen LogP contribution in [0.1, 0.15) is 71.8 Å². The Labute approximate surface area is 130 Å². The van der Waals surface area contributed by atoms with E-state index in [-0.39, 0.29) is 5.41 Å². The highest BCUT2D eigenvalue weighted by Gasteiger charge is 2.20. The number of unbranched alkanes of at least 4 members (excludes halogenated alkanes) is 3. The fraction of sp³-hybridized carbons (Fsp3) is 0.667. The van der Waals surface area contributed by atoms with Crippen molar-refractivity contribution in [1.29, 1.82) is 0 Å². The molecule has 0 aliphatic carbocycles. The number of hydrogen-bond donors (Lipinski definition) is 1. The largest absolute Gasteiger partial charge is 0.492 e. The lowest BCUT2D eigenvalue weighted by molar-refractivity contribution is 0.302. The average Bonchev–Trinajstić information content (AvgIpc) is 2.41. The quantitative estimate of drug-likeness (QED) is 0.433. The average molecular weight is 295 g/mol. The molecule has 0 saturated carbocycles. The van der Waals surface area contributed by atoms with Crippen LogP contribution in [0.15, 0.2) is 23.1 Å². The van der Waals surface area contributed by atoms with Gasteiger partial charge in [0.1, 0.15) is 5.75 Å². The van der Waals surface area contributed by atoms with E-state index in [1.165, 1.54) is 31.2 Å². The predicted octanol–water partition coefficient (Wildman–Crippen LogP) is 6.01. The van der Waals surface area contributed by atoms with Gasteiger partial charge in [-0.2, -0.15) is 0 Å². The Bertz CT molecular complexity index is 398. The van der Waals surface area contributed by atoms with Gasteiger partial charge in [-0.1, -0.05) is 59.4 Å². The normalized spacial score (nSPS) is 11.7. The zero-order chi connectivity index (χ0) is 15.0. The summed E-state index contributed by atoms with van der Waals surface area (Å²) < 4.78 is 5.77. The second kappa shape index (κ2) is 8.61. The van der Waals surface area contributed by atoms with Crippen molar-refractivity contribution in [2.24, 2.45) is 0 Å². The van der Waals surface area contributed by atoms with Gasteiger partial charge in [0, 0.05) is 4.90 Å². The van der Waals surface area contributed by atoms with E-state index < -0.39 is 0 Å². The molecule has 1 nitrogen and oxygen atoms in total. The van der Waals surface area contributed by atoms with Gasteiger partial charge in [-0.3, -0.25) is 0 Å². The van der Waals surface area contributed by atoms with Crippen LogP contribution < -0.4 is 4.74 Å². The topological polar surface area (TPSA) is 9.23 Å². The van der Waals surface area contributed by atoms with Crippen molar-refractivity contribution in [2.45, 2.75) is 76.5 Å². The van der Waals surface area contributed by atoms with Gasteiger partial charge in [0.05, 0.1) is 6.61 Å². The van der Waals surface area contributed by atoms with E-state index in [0.717, 1.165) is 30.1 Å². The second-order valence-corrected chi connectivity index (χ2v) is 6.71. The Morgan fingerprint density at radius 2 is 1.75 bits per heavy atom. The molecule has 0 N–H and O–H groups in total. The molecule has 0 aromatic heterocycles. The summed E-state index contributed by atoms with van der Waals surface area (Å²) in [5.41, 5.74) is 1.58. The van der Waals surface area contributed by atoms with Crippen LogP contribution in [0.2, 0.25) is 0 Å². The summed E-state index contributed by atoms with van der Waals surface area (Å²) in [5, 5.41) is 0. The van der Waals surface area contributed by atoms with Crippen molar-refractivity contribution in [3.63, 3.8) is 0 Å². The third-order valence-corrected chi connectivity index (χ3v) is 4.25. The third kappa shape index (κ3) is 5.40. The van der Waals surface area contributed by atoms with E-state index in [0.29, 0.717) is 0 Å². The highest BCUT2D eigenvalue weighted by atomic mass is 32.1. The summed E-state index contributed by atoms with van der Waals surface area (Å²) in [4.78, 5) is 0.960. The van der Waals surface area contributed by atoms with Gasteiger partial charge in [0.2, 0.25) is 0 Å². The first-order valence-corrected chi connectivity index (χ1v) is 8.42. The Morgan fingerprint density at radius 3 is 2.35 bits per heavy atom. The highest BCUT2D eigenvalue weighted by molar-refractivity contribution is 7.80. The van der Waals surface area contributed by atoms with Gasteiger partial charge in [-0.05, 0) is 36.0 Å². The van der Waals surface area contributed by atoms with Crippen molar-refractivity contribution < 1.29 is 4.74 Å². The molecule has 0 radical (unpaired) electrons. The molecule has 0 atom stereocenters. The first-order chi connectivity index (χ1) is 9.51.